The number of hydrogen-bond acceptors (Lipinski definition) is 3. The van der Waals surface area contributed by atoms with Crippen molar-refractivity contribution in [2.45, 2.75) is 26.7 Å². The largest absolute Gasteiger partial charge is 0.340 e. The normalized spacial score (nSPS) is 17.2. The molecule has 1 aliphatic rings. The Labute approximate surface area is 179 Å². The molecule has 2 heterocycles. The molecule has 0 saturated carbocycles. The Kier molecular flexibility index (Phi) is 7.39. The zero-order valence-electron chi connectivity index (χ0n) is 18.0. The van der Waals surface area contributed by atoms with Gasteiger partial charge in [0.15, 0.2) is 0 Å². The summed E-state index contributed by atoms with van der Waals surface area (Å²) in [7, 11) is 0. The molecule has 3 rings (SSSR count). The first-order valence-electron chi connectivity index (χ1n) is 10.6. The van der Waals surface area contributed by atoms with Gasteiger partial charge in [0.2, 0.25) is 11.8 Å². The summed E-state index contributed by atoms with van der Waals surface area (Å²) in [6.45, 7) is 10.0. The quantitative estimate of drug-likeness (QED) is 0.658. The molecule has 0 aliphatic carbocycles. The second-order valence-corrected chi connectivity index (χ2v) is 8.35. The summed E-state index contributed by atoms with van der Waals surface area (Å²) in [5, 5.41) is 0. The van der Waals surface area contributed by atoms with Crippen molar-refractivity contribution >= 4 is 11.8 Å². The summed E-state index contributed by atoms with van der Waals surface area (Å²) in [6, 6.07) is 12.2. The summed E-state index contributed by atoms with van der Waals surface area (Å²) in [5.74, 6) is 0.299. The van der Waals surface area contributed by atoms with Crippen molar-refractivity contribution in [3.05, 3.63) is 67.0 Å². The van der Waals surface area contributed by atoms with Crippen LogP contribution in [0.3, 0.4) is 0 Å². The Morgan fingerprint density at radius 1 is 1.20 bits per heavy atom. The van der Waals surface area contributed by atoms with Crippen molar-refractivity contribution in [2.24, 2.45) is 11.8 Å². The maximum Gasteiger partial charge on any atom is 0.228 e. The van der Waals surface area contributed by atoms with E-state index in [0.717, 1.165) is 16.7 Å². The van der Waals surface area contributed by atoms with Crippen molar-refractivity contribution < 1.29 is 9.59 Å². The number of nitrogens with zero attached hydrogens (tertiary/aromatic N) is 3. The van der Waals surface area contributed by atoms with Crippen LogP contribution in [-0.4, -0.2) is 52.8 Å². The molecule has 1 aliphatic heterocycles. The van der Waals surface area contributed by atoms with Gasteiger partial charge in [0.25, 0.3) is 0 Å². The highest BCUT2D eigenvalue weighted by Gasteiger charge is 2.31. The van der Waals surface area contributed by atoms with E-state index < -0.39 is 0 Å². The number of rotatable bonds is 7. The zero-order valence-corrected chi connectivity index (χ0v) is 18.0. The molecule has 5 heteroatoms. The van der Waals surface area contributed by atoms with Crippen LogP contribution in [0.15, 0.2) is 61.4 Å². The van der Waals surface area contributed by atoms with Crippen LogP contribution in [0.5, 0.6) is 0 Å². The van der Waals surface area contributed by atoms with Gasteiger partial charge in [-0.2, -0.15) is 0 Å². The van der Waals surface area contributed by atoms with Crippen molar-refractivity contribution in [3.63, 3.8) is 0 Å². The first-order chi connectivity index (χ1) is 14.5. The molecule has 0 spiro atoms. The van der Waals surface area contributed by atoms with Gasteiger partial charge in [-0.25, -0.2) is 0 Å². The van der Waals surface area contributed by atoms with E-state index in [1.165, 1.54) is 0 Å². The molecule has 1 aromatic heterocycles. The molecular weight excluding hydrogens is 374 g/mol. The maximum atomic E-state index is 13.2. The average Bonchev–Trinajstić information content (AvgIpc) is 2.89. The van der Waals surface area contributed by atoms with E-state index in [-0.39, 0.29) is 17.7 Å². The smallest absolute Gasteiger partial charge is 0.228 e. The first-order valence-corrected chi connectivity index (χ1v) is 10.6. The van der Waals surface area contributed by atoms with Crippen LogP contribution in [0.4, 0.5) is 0 Å². The topological polar surface area (TPSA) is 53.5 Å². The minimum Gasteiger partial charge on any atom is -0.340 e. The lowest BCUT2D eigenvalue weighted by atomic mass is 9.95. The second kappa shape index (κ2) is 10.2. The van der Waals surface area contributed by atoms with Crippen LogP contribution in [-0.2, 0) is 16.0 Å². The Morgan fingerprint density at radius 2 is 1.97 bits per heavy atom. The molecule has 1 saturated heterocycles. The van der Waals surface area contributed by atoms with Gasteiger partial charge in [-0.1, -0.05) is 50.3 Å². The van der Waals surface area contributed by atoms with Gasteiger partial charge < -0.3 is 9.80 Å². The van der Waals surface area contributed by atoms with E-state index in [4.69, 9.17) is 0 Å². The highest BCUT2D eigenvalue weighted by Crippen LogP contribution is 2.22. The van der Waals surface area contributed by atoms with E-state index in [2.05, 4.69) is 35.8 Å². The number of pyridine rings is 1. The van der Waals surface area contributed by atoms with Gasteiger partial charge in [0.1, 0.15) is 0 Å². The summed E-state index contributed by atoms with van der Waals surface area (Å²) in [4.78, 5) is 33.7. The summed E-state index contributed by atoms with van der Waals surface area (Å²) < 4.78 is 0. The number of hydrogen-bond donors (Lipinski definition) is 0. The van der Waals surface area contributed by atoms with Gasteiger partial charge in [-0.3, -0.25) is 14.6 Å². The molecule has 1 atom stereocenters. The third-order valence-corrected chi connectivity index (χ3v) is 5.46. The third-order valence-electron chi connectivity index (χ3n) is 5.46. The van der Waals surface area contributed by atoms with Gasteiger partial charge in [0.05, 0.1) is 5.92 Å². The maximum absolute atomic E-state index is 13.2. The molecule has 1 fully saturated rings. The Hall–Kier alpha value is -2.95. The Balaban J connectivity index is 1.77. The van der Waals surface area contributed by atoms with Gasteiger partial charge in [-0.05, 0) is 35.1 Å². The highest BCUT2D eigenvalue weighted by molar-refractivity contribution is 5.82. The molecule has 2 amide bonds. The Bertz CT molecular complexity index is 862. The number of benzene rings is 1. The van der Waals surface area contributed by atoms with Crippen molar-refractivity contribution in [3.8, 4) is 11.1 Å². The molecule has 0 N–H and O–H groups in total. The molecule has 2 aromatic rings. The number of carbonyl (C=O) groups excluding carboxylic acids is 2. The van der Waals surface area contributed by atoms with Crippen LogP contribution in [0.1, 0.15) is 25.8 Å². The lowest BCUT2D eigenvalue weighted by Gasteiger charge is -2.24. The monoisotopic (exact) mass is 405 g/mol. The molecule has 0 bridgehead atoms. The summed E-state index contributed by atoms with van der Waals surface area (Å²) in [5.41, 5.74) is 3.26. The van der Waals surface area contributed by atoms with Crippen molar-refractivity contribution in [1.29, 1.82) is 0 Å². The summed E-state index contributed by atoms with van der Waals surface area (Å²) in [6.07, 6.45) is 6.49. The van der Waals surface area contributed by atoms with Crippen LogP contribution >= 0.6 is 0 Å². The predicted octanol–water partition coefficient (Wildman–Crippen LogP) is 3.81. The van der Waals surface area contributed by atoms with E-state index in [1.807, 2.05) is 42.0 Å². The van der Waals surface area contributed by atoms with Crippen LogP contribution < -0.4 is 0 Å². The fourth-order valence-corrected chi connectivity index (χ4v) is 3.89. The predicted molar refractivity (Wildman–Crippen MR) is 120 cm³/mol. The molecule has 1 aromatic carbocycles. The SMILES string of the molecule is C=CCN1CCN(C(=O)CC(C)C)C[C@H](Cc2ccc(-c3cccnc3)cc2)C1=O. The van der Waals surface area contributed by atoms with Crippen LogP contribution in [0.25, 0.3) is 11.1 Å². The molecule has 30 heavy (non-hydrogen) atoms. The van der Waals surface area contributed by atoms with Crippen LogP contribution in [0, 0.1) is 11.8 Å². The van der Waals surface area contributed by atoms with E-state index >= 15 is 0 Å². The van der Waals surface area contributed by atoms with Crippen molar-refractivity contribution in [2.75, 3.05) is 26.2 Å². The lowest BCUT2D eigenvalue weighted by Crippen LogP contribution is -2.38. The summed E-state index contributed by atoms with van der Waals surface area (Å²) >= 11 is 0. The molecule has 0 unspecified atom stereocenters. The fourth-order valence-electron chi connectivity index (χ4n) is 3.89. The van der Waals surface area contributed by atoms with E-state index in [1.54, 1.807) is 12.3 Å². The van der Waals surface area contributed by atoms with E-state index in [0.29, 0.717) is 44.9 Å². The molecule has 0 radical (unpaired) electrons. The lowest BCUT2D eigenvalue weighted by molar-refractivity contribution is -0.134. The fraction of sp³-hybridized carbons (Fsp3) is 0.400. The van der Waals surface area contributed by atoms with Gasteiger partial charge in [0, 0.05) is 45.0 Å². The minimum atomic E-state index is -0.243. The average molecular weight is 406 g/mol. The number of carbonyl (C=O) groups is 2. The van der Waals surface area contributed by atoms with Crippen molar-refractivity contribution in [1.82, 2.24) is 14.8 Å². The number of aromatic nitrogens is 1. The first kappa shape index (κ1) is 21.8. The Morgan fingerprint density at radius 3 is 2.60 bits per heavy atom. The van der Waals surface area contributed by atoms with Crippen LogP contribution in [0.2, 0.25) is 0 Å². The standard InChI is InChI=1S/C25H31N3O2/c1-4-12-27-13-14-28(24(29)15-19(2)3)18-23(25(27)30)16-20-7-9-21(10-8-20)22-6-5-11-26-17-22/h4-11,17,19,23H,1,12-16,18H2,2-3H3/t23-/m0/s1. The minimum absolute atomic E-state index is 0.103. The highest BCUT2D eigenvalue weighted by atomic mass is 16.2. The molecule has 158 valence electrons. The zero-order chi connectivity index (χ0) is 21.5. The van der Waals surface area contributed by atoms with E-state index in [9.17, 15) is 9.59 Å². The third kappa shape index (κ3) is 5.56. The molecule has 5 nitrogen and oxygen atoms in total. The second-order valence-electron chi connectivity index (χ2n) is 8.35. The van der Waals surface area contributed by atoms with Gasteiger partial charge >= 0.3 is 0 Å². The molecular formula is C25H31N3O2. The number of amides is 2. The van der Waals surface area contributed by atoms with Gasteiger partial charge in [-0.15, -0.1) is 6.58 Å².